The number of aryl methyl sites for hydroxylation is 1. The van der Waals surface area contributed by atoms with Crippen molar-refractivity contribution in [2.45, 2.75) is 19.4 Å². The Bertz CT molecular complexity index is 401. The molecule has 1 heterocycles. The van der Waals surface area contributed by atoms with Gasteiger partial charge in [0.05, 0.1) is 6.61 Å². The third-order valence-electron chi connectivity index (χ3n) is 3.02. The van der Waals surface area contributed by atoms with Crippen LogP contribution in [-0.4, -0.2) is 38.3 Å². The van der Waals surface area contributed by atoms with Crippen LogP contribution >= 0.6 is 0 Å². The van der Waals surface area contributed by atoms with Gasteiger partial charge in [-0.3, -0.25) is 4.79 Å². The average Bonchev–Trinajstić information content (AvgIpc) is 2.40. The van der Waals surface area contributed by atoms with Crippen LogP contribution in [0, 0.1) is 6.92 Å². The second-order valence-corrected chi connectivity index (χ2v) is 4.59. The Kier molecular flexibility index (Phi) is 4.73. The van der Waals surface area contributed by atoms with E-state index in [1.54, 1.807) is 0 Å². The smallest absolute Gasteiger partial charge is 0.250 e. The second kappa shape index (κ2) is 6.52. The number of hydrogen-bond donors (Lipinski definition) is 2. The van der Waals surface area contributed by atoms with Gasteiger partial charge in [-0.25, -0.2) is 0 Å². The zero-order valence-corrected chi connectivity index (χ0v) is 10.7. The largest absolute Gasteiger partial charge is 0.366 e. The van der Waals surface area contributed by atoms with Crippen molar-refractivity contribution in [2.75, 3.05) is 26.2 Å². The average molecular weight is 248 g/mol. The van der Waals surface area contributed by atoms with Gasteiger partial charge in [-0.15, -0.1) is 0 Å². The first-order valence-electron chi connectivity index (χ1n) is 6.41. The molecule has 1 aromatic rings. The Hall–Kier alpha value is -1.39. The summed E-state index contributed by atoms with van der Waals surface area (Å²) in [5.74, 6) is -0.0187. The maximum absolute atomic E-state index is 11.8. The molecule has 98 valence electrons. The van der Waals surface area contributed by atoms with Crippen LogP contribution in [0.15, 0.2) is 24.3 Å². The molecular formula is C14H20N2O2. The summed E-state index contributed by atoms with van der Waals surface area (Å²) < 4.78 is 5.39. The van der Waals surface area contributed by atoms with Crippen LogP contribution in [0.5, 0.6) is 0 Å². The topological polar surface area (TPSA) is 50.4 Å². The standard InChI is InChI=1S/C14H20N2O2/c1-11-3-2-4-12(9-11)5-6-16-14(17)13-10-15-7-8-18-13/h2-4,9,13,15H,5-8,10H2,1H3,(H,16,17). The van der Waals surface area contributed by atoms with E-state index in [4.69, 9.17) is 4.74 Å². The van der Waals surface area contributed by atoms with Gasteiger partial charge in [0.15, 0.2) is 0 Å². The van der Waals surface area contributed by atoms with Gasteiger partial charge in [0, 0.05) is 19.6 Å². The second-order valence-electron chi connectivity index (χ2n) is 4.59. The van der Waals surface area contributed by atoms with Crippen LogP contribution < -0.4 is 10.6 Å². The number of hydrogen-bond acceptors (Lipinski definition) is 3. The summed E-state index contributed by atoms with van der Waals surface area (Å²) in [5.41, 5.74) is 2.50. The molecule has 18 heavy (non-hydrogen) atoms. The van der Waals surface area contributed by atoms with E-state index in [0.29, 0.717) is 19.7 Å². The number of ether oxygens (including phenoxy) is 1. The van der Waals surface area contributed by atoms with Crippen molar-refractivity contribution in [2.24, 2.45) is 0 Å². The summed E-state index contributed by atoms with van der Waals surface area (Å²) in [5, 5.41) is 6.06. The van der Waals surface area contributed by atoms with Gasteiger partial charge in [0.25, 0.3) is 0 Å². The number of carbonyl (C=O) groups excluding carboxylic acids is 1. The van der Waals surface area contributed by atoms with Crippen molar-refractivity contribution in [3.8, 4) is 0 Å². The lowest BCUT2D eigenvalue weighted by Gasteiger charge is -2.22. The molecule has 0 aromatic heterocycles. The van der Waals surface area contributed by atoms with Crippen LogP contribution in [0.4, 0.5) is 0 Å². The Labute approximate surface area is 108 Å². The predicted molar refractivity (Wildman–Crippen MR) is 70.5 cm³/mol. The minimum Gasteiger partial charge on any atom is -0.366 e. The lowest BCUT2D eigenvalue weighted by Crippen LogP contribution is -2.48. The Morgan fingerprint density at radius 1 is 1.56 bits per heavy atom. The van der Waals surface area contributed by atoms with Crippen molar-refractivity contribution < 1.29 is 9.53 Å². The van der Waals surface area contributed by atoms with Crippen LogP contribution in [0.1, 0.15) is 11.1 Å². The Morgan fingerprint density at radius 3 is 3.17 bits per heavy atom. The van der Waals surface area contributed by atoms with Gasteiger partial charge >= 0.3 is 0 Å². The maximum atomic E-state index is 11.8. The third-order valence-corrected chi connectivity index (χ3v) is 3.02. The molecule has 0 spiro atoms. The van der Waals surface area contributed by atoms with Gasteiger partial charge in [-0.05, 0) is 18.9 Å². The molecule has 1 amide bonds. The summed E-state index contributed by atoms with van der Waals surface area (Å²) in [7, 11) is 0. The minimum atomic E-state index is -0.337. The number of morpholine rings is 1. The van der Waals surface area contributed by atoms with E-state index >= 15 is 0 Å². The first-order valence-corrected chi connectivity index (χ1v) is 6.41. The molecule has 1 atom stereocenters. The summed E-state index contributed by atoms with van der Waals surface area (Å²) in [6.45, 7) is 4.77. The zero-order valence-electron chi connectivity index (χ0n) is 10.7. The fourth-order valence-electron chi connectivity index (χ4n) is 2.05. The summed E-state index contributed by atoms with van der Waals surface area (Å²) in [4.78, 5) is 11.8. The molecule has 0 saturated carbocycles. The van der Waals surface area contributed by atoms with E-state index in [-0.39, 0.29) is 12.0 Å². The van der Waals surface area contributed by atoms with E-state index in [1.165, 1.54) is 11.1 Å². The van der Waals surface area contributed by atoms with E-state index in [9.17, 15) is 4.79 Å². The number of amides is 1. The number of rotatable bonds is 4. The molecule has 1 aliphatic rings. The van der Waals surface area contributed by atoms with Crippen LogP contribution in [0.25, 0.3) is 0 Å². The van der Waals surface area contributed by atoms with Gasteiger partial charge in [-0.1, -0.05) is 29.8 Å². The van der Waals surface area contributed by atoms with Crippen molar-refractivity contribution in [3.05, 3.63) is 35.4 Å². The lowest BCUT2D eigenvalue weighted by atomic mass is 10.1. The molecule has 1 aromatic carbocycles. The van der Waals surface area contributed by atoms with Crippen molar-refractivity contribution in [3.63, 3.8) is 0 Å². The lowest BCUT2D eigenvalue weighted by molar-refractivity contribution is -0.134. The maximum Gasteiger partial charge on any atom is 0.250 e. The summed E-state index contributed by atoms with van der Waals surface area (Å²) >= 11 is 0. The molecule has 0 radical (unpaired) electrons. The highest BCUT2D eigenvalue weighted by molar-refractivity contribution is 5.81. The fourth-order valence-corrected chi connectivity index (χ4v) is 2.05. The number of nitrogens with one attached hydrogen (secondary N) is 2. The normalized spacial score (nSPS) is 19.5. The highest BCUT2D eigenvalue weighted by atomic mass is 16.5. The molecule has 4 nitrogen and oxygen atoms in total. The molecule has 1 saturated heterocycles. The van der Waals surface area contributed by atoms with E-state index in [0.717, 1.165) is 13.0 Å². The van der Waals surface area contributed by atoms with Crippen LogP contribution in [-0.2, 0) is 16.0 Å². The molecule has 0 aliphatic carbocycles. The summed E-state index contributed by atoms with van der Waals surface area (Å²) in [6.07, 6.45) is 0.518. The Balaban J connectivity index is 1.73. The summed E-state index contributed by atoms with van der Waals surface area (Å²) in [6, 6.07) is 8.34. The molecule has 2 rings (SSSR count). The number of benzene rings is 1. The molecule has 1 unspecified atom stereocenters. The monoisotopic (exact) mass is 248 g/mol. The van der Waals surface area contributed by atoms with E-state index in [1.807, 2.05) is 6.07 Å². The minimum absolute atomic E-state index is 0.0187. The van der Waals surface area contributed by atoms with Crippen molar-refractivity contribution in [1.29, 1.82) is 0 Å². The molecule has 2 N–H and O–H groups in total. The fraction of sp³-hybridized carbons (Fsp3) is 0.500. The van der Waals surface area contributed by atoms with Crippen LogP contribution in [0.2, 0.25) is 0 Å². The van der Waals surface area contributed by atoms with E-state index in [2.05, 4.69) is 35.8 Å². The quantitative estimate of drug-likeness (QED) is 0.822. The molecule has 1 aliphatic heterocycles. The van der Waals surface area contributed by atoms with Gasteiger partial charge in [0.2, 0.25) is 5.91 Å². The number of carbonyl (C=O) groups is 1. The third kappa shape index (κ3) is 3.82. The molecule has 0 bridgehead atoms. The van der Waals surface area contributed by atoms with Gasteiger partial charge in [0.1, 0.15) is 6.10 Å². The highest BCUT2D eigenvalue weighted by Gasteiger charge is 2.20. The first-order chi connectivity index (χ1) is 8.75. The predicted octanol–water partition coefficient (Wildman–Crippen LogP) is 0.642. The highest BCUT2D eigenvalue weighted by Crippen LogP contribution is 2.04. The zero-order chi connectivity index (χ0) is 12.8. The molecule has 4 heteroatoms. The first kappa shape index (κ1) is 13.1. The molecule has 1 fully saturated rings. The SMILES string of the molecule is Cc1cccc(CCNC(=O)C2CNCCO2)c1. The van der Waals surface area contributed by atoms with Gasteiger partial charge in [-0.2, -0.15) is 0 Å². The van der Waals surface area contributed by atoms with Crippen molar-refractivity contribution in [1.82, 2.24) is 10.6 Å². The molecular weight excluding hydrogens is 228 g/mol. The van der Waals surface area contributed by atoms with E-state index < -0.39 is 0 Å². The Morgan fingerprint density at radius 2 is 2.44 bits per heavy atom. The van der Waals surface area contributed by atoms with Crippen molar-refractivity contribution >= 4 is 5.91 Å². The van der Waals surface area contributed by atoms with Crippen LogP contribution in [0.3, 0.4) is 0 Å². The van der Waals surface area contributed by atoms with Gasteiger partial charge < -0.3 is 15.4 Å².